The van der Waals surface area contributed by atoms with Crippen LogP contribution in [0.1, 0.15) is 26.3 Å². The van der Waals surface area contributed by atoms with Gasteiger partial charge in [0.25, 0.3) is 0 Å². The highest BCUT2D eigenvalue weighted by molar-refractivity contribution is 6.33. The molecule has 24 heavy (non-hydrogen) atoms. The van der Waals surface area contributed by atoms with Crippen LogP contribution in [0.3, 0.4) is 0 Å². The third-order valence-electron chi connectivity index (χ3n) is 3.59. The second kappa shape index (κ2) is 7.59. The molecule has 0 unspecified atom stereocenters. The number of amides is 1. The smallest absolute Gasteiger partial charge is 0.410 e. The van der Waals surface area contributed by atoms with Crippen molar-refractivity contribution in [2.75, 3.05) is 31.1 Å². The number of carbonyl (C=O) groups excluding carboxylic acids is 1. The summed E-state index contributed by atoms with van der Waals surface area (Å²) >= 11 is 5.72. The second-order valence-corrected chi connectivity index (χ2v) is 7.06. The number of hydrogen-bond donors (Lipinski definition) is 0. The molecule has 1 amide bonds. The molecule has 2 rings (SSSR count). The standard InChI is InChI=1S/C18H22ClN3O2/c1-18(2,3)24-17(23)22-10-8-21(9-11-22)16-6-4-14(5-7-16)12-15(19)13-20/h4-7,12H,8-11H2,1-3H3/b15-12+. The summed E-state index contributed by atoms with van der Waals surface area (Å²) in [6.45, 7) is 8.40. The van der Waals surface area contributed by atoms with Gasteiger partial charge in [-0.2, -0.15) is 5.26 Å². The molecule has 1 aliphatic rings. The average molecular weight is 348 g/mol. The molecule has 1 fully saturated rings. The first kappa shape index (κ1) is 18.2. The van der Waals surface area contributed by atoms with Crippen molar-refractivity contribution in [3.05, 3.63) is 34.9 Å². The Morgan fingerprint density at radius 2 is 1.79 bits per heavy atom. The van der Waals surface area contributed by atoms with Crippen molar-refractivity contribution < 1.29 is 9.53 Å². The number of nitrogens with zero attached hydrogens (tertiary/aromatic N) is 3. The summed E-state index contributed by atoms with van der Waals surface area (Å²) in [6, 6.07) is 9.73. The molecule has 5 nitrogen and oxygen atoms in total. The van der Waals surface area contributed by atoms with Crippen LogP contribution in [0, 0.1) is 11.3 Å². The molecule has 128 valence electrons. The lowest BCUT2D eigenvalue weighted by Gasteiger charge is -2.36. The molecule has 1 saturated heterocycles. The Labute approximate surface area is 148 Å². The van der Waals surface area contributed by atoms with Gasteiger partial charge in [0.2, 0.25) is 0 Å². The highest BCUT2D eigenvalue weighted by Crippen LogP contribution is 2.20. The first-order valence-corrected chi connectivity index (χ1v) is 8.26. The zero-order valence-electron chi connectivity index (χ0n) is 14.3. The van der Waals surface area contributed by atoms with Gasteiger partial charge < -0.3 is 14.5 Å². The highest BCUT2D eigenvalue weighted by Gasteiger charge is 2.25. The third-order valence-corrected chi connectivity index (χ3v) is 3.78. The number of allylic oxidation sites excluding steroid dienone is 1. The van der Waals surface area contributed by atoms with Crippen LogP contribution in [0.15, 0.2) is 29.3 Å². The molecule has 0 atom stereocenters. The molecule has 6 heteroatoms. The van der Waals surface area contributed by atoms with Crippen molar-refractivity contribution in [2.24, 2.45) is 0 Å². The van der Waals surface area contributed by atoms with Crippen LogP contribution in [0.4, 0.5) is 10.5 Å². The summed E-state index contributed by atoms with van der Waals surface area (Å²) in [7, 11) is 0. The van der Waals surface area contributed by atoms with Gasteiger partial charge in [-0.05, 0) is 44.5 Å². The van der Waals surface area contributed by atoms with Gasteiger partial charge in [0.15, 0.2) is 0 Å². The summed E-state index contributed by atoms with van der Waals surface area (Å²) in [5.41, 5.74) is 1.50. The quantitative estimate of drug-likeness (QED) is 0.762. The van der Waals surface area contributed by atoms with E-state index in [0.29, 0.717) is 13.1 Å². The van der Waals surface area contributed by atoms with Crippen LogP contribution in [-0.2, 0) is 4.74 Å². The SMILES string of the molecule is CC(C)(C)OC(=O)N1CCN(c2ccc(/C=C(/Cl)C#N)cc2)CC1. The fourth-order valence-electron chi connectivity index (χ4n) is 2.43. The fraction of sp³-hybridized carbons (Fsp3) is 0.444. The van der Waals surface area contributed by atoms with E-state index >= 15 is 0 Å². The van der Waals surface area contributed by atoms with Gasteiger partial charge in [-0.1, -0.05) is 23.7 Å². The van der Waals surface area contributed by atoms with E-state index in [0.717, 1.165) is 24.3 Å². The van der Waals surface area contributed by atoms with E-state index in [4.69, 9.17) is 21.6 Å². The predicted molar refractivity (Wildman–Crippen MR) is 95.9 cm³/mol. The molecular weight excluding hydrogens is 326 g/mol. The maximum Gasteiger partial charge on any atom is 0.410 e. The lowest BCUT2D eigenvalue weighted by Crippen LogP contribution is -2.50. The van der Waals surface area contributed by atoms with Crippen LogP contribution >= 0.6 is 11.6 Å². The van der Waals surface area contributed by atoms with E-state index in [9.17, 15) is 4.79 Å². The topological polar surface area (TPSA) is 56.6 Å². The number of carbonyl (C=O) groups is 1. The molecule has 0 radical (unpaired) electrons. The van der Waals surface area contributed by atoms with Gasteiger partial charge in [-0.25, -0.2) is 4.79 Å². The van der Waals surface area contributed by atoms with Crippen LogP contribution in [-0.4, -0.2) is 42.8 Å². The van der Waals surface area contributed by atoms with Crippen LogP contribution in [0.5, 0.6) is 0 Å². The summed E-state index contributed by atoms with van der Waals surface area (Å²) in [6.07, 6.45) is 1.37. The predicted octanol–water partition coefficient (Wildman–Crippen LogP) is 3.85. The third kappa shape index (κ3) is 5.17. The largest absolute Gasteiger partial charge is 0.444 e. The molecule has 1 aliphatic heterocycles. The molecule has 0 bridgehead atoms. The normalized spacial score (nSPS) is 15.9. The molecule has 0 aliphatic carbocycles. The molecule has 0 N–H and O–H groups in total. The van der Waals surface area contributed by atoms with Crippen LogP contribution in [0.2, 0.25) is 0 Å². The molecular formula is C18H22ClN3O2. The van der Waals surface area contributed by atoms with Crippen molar-refractivity contribution in [2.45, 2.75) is 26.4 Å². The lowest BCUT2D eigenvalue weighted by molar-refractivity contribution is 0.0240. The summed E-state index contributed by atoms with van der Waals surface area (Å²) < 4.78 is 5.40. The number of anilines is 1. The number of nitriles is 1. The minimum Gasteiger partial charge on any atom is -0.444 e. The number of benzene rings is 1. The number of rotatable bonds is 2. The molecule has 0 saturated carbocycles. The molecule has 1 heterocycles. The first-order valence-electron chi connectivity index (χ1n) is 7.89. The van der Waals surface area contributed by atoms with E-state index in [1.54, 1.807) is 11.0 Å². The Hall–Kier alpha value is -2.19. The highest BCUT2D eigenvalue weighted by atomic mass is 35.5. The molecule has 1 aromatic carbocycles. The monoisotopic (exact) mass is 347 g/mol. The van der Waals surface area contributed by atoms with E-state index in [2.05, 4.69) is 4.90 Å². The second-order valence-electron chi connectivity index (χ2n) is 6.65. The van der Waals surface area contributed by atoms with E-state index in [1.807, 2.05) is 51.1 Å². The molecule has 1 aromatic rings. The average Bonchev–Trinajstić information content (AvgIpc) is 2.54. The number of hydrogen-bond acceptors (Lipinski definition) is 4. The lowest BCUT2D eigenvalue weighted by atomic mass is 10.1. The minimum absolute atomic E-state index is 0.161. The maximum atomic E-state index is 12.1. The Balaban J connectivity index is 1.93. The Morgan fingerprint density at radius 3 is 2.29 bits per heavy atom. The van der Waals surface area contributed by atoms with Gasteiger partial charge >= 0.3 is 6.09 Å². The Morgan fingerprint density at radius 1 is 1.21 bits per heavy atom. The fourth-order valence-corrected chi connectivity index (χ4v) is 2.56. The van der Waals surface area contributed by atoms with E-state index in [-0.39, 0.29) is 11.1 Å². The zero-order chi connectivity index (χ0) is 17.7. The Bertz CT molecular complexity index is 648. The van der Waals surface area contributed by atoms with Crippen molar-refractivity contribution in [3.8, 4) is 6.07 Å². The number of ether oxygens (including phenoxy) is 1. The van der Waals surface area contributed by atoms with E-state index < -0.39 is 5.60 Å². The molecule has 0 aromatic heterocycles. The number of piperazine rings is 1. The van der Waals surface area contributed by atoms with Gasteiger partial charge in [-0.15, -0.1) is 0 Å². The summed E-state index contributed by atoms with van der Waals surface area (Å²) in [5, 5.41) is 8.85. The van der Waals surface area contributed by atoms with Gasteiger partial charge in [0.05, 0.1) is 0 Å². The van der Waals surface area contributed by atoms with Crippen molar-refractivity contribution in [3.63, 3.8) is 0 Å². The summed E-state index contributed by atoms with van der Waals surface area (Å²) in [4.78, 5) is 16.0. The number of halogens is 1. The minimum atomic E-state index is -0.470. The van der Waals surface area contributed by atoms with Gasteiger partial charge in [0.1, 0.15) is 16.7 Å². The maximum absolute atomic E-state index is 12.1. The summed E-state index contributed by atoms with van der Waals surface area (Å²) in [5.74, 6) is 0. The zero-order valence-corrected chi connectivity index (χ0v) is 15.0. The Kier molecular flexibility index (Phi) is 5.74. The van der Waals surface area contributed by atoms with Crippen molar-refractivity contribution in [1.82, 2.24) is 4.90 Å². The first-order chi connectivity index (χ1) is 11.3. The van der Waals surface area contributed by atoms with Crippen molar-refractivity contribution in [1.29, 1.82) is 5.26 Å². The molecule has 0 spiro atoms. The van der Waals surface area contributed by atoms with Crippen molar-refractivity contribution >= 4 is 29.5 Å². The van der Waals surface area contributed by atoms with Gasteiger partial charge in [-0.3, -0.25) is 0 Å². The van der Waals surface area contributed by atoms with Crippen LogP contribution < -0.4 is 4.90 Å². The van der Waals surface area contributed by atoms with E-state index in [1.165, 1.54) is 0 Å². The van der Waals surface area contributed by atoms with Gasteiger partial charge in [0, 0.05) is 31.9 Å². The van der Waals surface area contributed by atoms with Crippen LogP contribution in [0.25, 0.3) is 6.08 Å².